The van der Waals surface area contributed by atoms with Crippen LogP contribution in [0.3, 0.4) is 0 Å². The number of hydrogen-bond acceptors (Lipinski definition) is 3. The summed E-state index contributed by atoms with van der Waals surface area (Å²) in [5, 5.41) is 0. The summed E-state index contributed by atoms with van der Waals surface area (Å²) < 4.78 is 5.26. The van der Waals surface area contributed by atoms with Gasteiger partial charge in [-0.2, -0.15) is 0 Å². The van der Waals surface area contributed by atoms with Gasteiger partial charge in [0.15, 0.2) is 0 Å². The van der Waals surface area contributed by atoms with Crippen molar-refractivity contribution in [2.75, 3.05) is 13.2 Å². The van der Waals surface area contributed by atoms with Crippen molar-refractivity contribution < 1.29 is 4.74 Å². The first-order valence-corrected chi connectivity index (χ1v) is 5.28. The van der Waals surface area contributed by atoms with E-state index in [0.717, 1.165) is 38.9 Å². The van der Waals surface area contributed by atoms with Crippen molar-refractivity contribution in [3.05, 3.63) is 0 Å². The molecule has 0 aromatic rings. The third kappa shape index (κ3) is 8.06. The van der Waals surface area contributed by atoms with Crippen molar-refractivity contribution in [1.29, 1.82) is 0 Å². The molecule has 0 saturated heterocycles. The van der Waals surface area contributed by atoms with E-state index in [1.165, 1.54) is 0 Å². The standard InChI is InChI=1S/C11H22N2O/c1-3-5-6-8-11(13-12)9-7-10-14-4-2/h11,13H,4,6-10,12H2,1-2H3. The molecule has 0 spiro atoms. The van der Waals surface area contributed by atoms with Crippen molar-refractivity contribution in [2.24, 2.45) is 5.84 Å². The SMILES string of the molecule is CC#CCCC(CCCOCC)NN. The summed E-state index contributed by atoms with van der Waals surface area (Å²) in [7, 11) is 0. The highest BCUT2D eigenvalue weighted by Crippen LogP contribution is 2.03. The van der Waals surface area contributed by atoms with Gasteiger partial charge in [0.25, 0.3) is 0 Å². The zero-order chi connectivity index (χ0) is 10.6. The van der Waals surface area contributed by atoms with E-state index in [1.54, 1.807) is 0 Å². The van der Waals surface area contributed by atoms with E-state index in [-0.39, 0.29) is 0 Å². The normalized spacial score (nSPS) is 11.9. The van der Waals surface area contributed by atoms with Crippen LogP contribution in [0.5, 0.6) is 0 Å². The number of rotatable bonds is 8. The van der Waals surface area contributed by atoms with Gasteiger partial charge in [-0.15, -0.1) is 11.8 Å². The van der Waals surface area contributed by atoms with E-state index < -0.39 is 0 Å². The summed E-state index contributed by atoms with van der Waals surface area (Å²) in [6, 6.07) is 0.372. The van der Waals surface area contributed by atoms with Gasteiger partial charge in [-0.3, -0.25) is 11.3 Å². The fourth-order valence-corrected chi connectivity index (χ4v) is 1.26. The Morgan fingerprint density at radius 2 is 2.21 bits per heavy atom. The monoisotopic (exact) mass is 198 g/mol. The van der Waals surface area contributed by atoms with E-state index in [1.807, 2.05) is 13.8 Å². The predicted octanol–water partition coefficient (Wildman–Crippen LogP) is 1.44. The second kappa shape index (κ2) is 10.5. The molecule has 0 aromatic heterocycles. The van der Waals surface area contributed by atoms with E-state index >= 15 is 0 Å². The Morgan fingerprint density at radius 3 is 2.79 bits per heavy atom. The first-order valence-electron chi connectivity index (χ1n) is 5.28. The van der Waals surface area contributed by atoms with Crippen LogP contribution in [0.15, 0.2) is 0 Å². The Hall–Kier alpha value is -0.560. The Morgan fingerprint density at radius 1 is 1.43 bits per heavy atom. The third-order valence-electron chi connectivity index (χ3n) is 2.08. The van der Waals surface area contributed by atoms with E-state index in [4.69, 9.17) is 10.6 Å². The molecule has 3 nitrogen and oxygen atoms in total. The van der Waals surface area contributed by atoms with Gasteiger partial charge in [0.1, 0.15) is 0 Å². The summed E-state index contributed by atoms with van der Waals surface area (Å²) in [6.45, 7) is 5.49. The van der Waals surface area contributed by atoms with Crippen molar-refractivity contribution in [3.8, 4) is 11.8 Å². The molecule has 0 radical (unpaired) electrons. The summed E-state index contributed by atoms with van der Waals surface area (Å²) >= 11 is 0. The average molecular weight is 198 g/mol. The van der Waals surface area contributed by atoms with Crippen molar-refractivity contribution >= 4 is 0 Å². The Bertz CT molecular complexity index is 172. The maximum Gasteiger partial charge on any atom is 0.0466 e. The summed E-state index contributed by atoms with van der Waals surface area (Å²) in [4.78, 5) is 0. The number of nitrogens with two attached hydrogens (primary N) is 1. The molecule has 82 valence electrons. The number of hydrogen-bond donors (Lipinski definition) is 2. The number of nitrogens with one attached hydrogen (secondary N) is 1. The number of ether oxygens (including phenoxy) is 1. The van der Waals surface area contributed by atoms with Crippen molar-refractivity contribution in [1.82, 2.24) is 5.43 Å². The van der Waals surface area contributed by atoms with Crippen LogP contribution in [-0.2, 0) is 4.74 Å². The molecule has 0 amide bonds. The summed E-state index contributed by atoms with van der Waals surface area (Å²) in [6.07, 6.45) is 4.05. The highest BCUT2D eigenvalue weighted by molar-refractivity contribution is 4.95. The van der Waals surface area contributed by atoms with Gasteiger partial charge in [-0.25, -0.2) is 0 Å². The Balaban J connectivity index is 3.41. The van der Waals surface area contributed by atoms with E-state index in [9.17, 15) is 0 Å². The molecule has 0 aliphatic heterocycles. The van der Waals surface area contributed by atoms with Gasteiger partial charge in [-0.1, -0.05) is 0 Å². The zero-order valence-electron chi connectivity index (χ0n) is 9.31. The van der Waals surface area contributed by atoms with Gasteiger partial charge in [-0.05, 0) is 33.1 Å². The van der Waals surface area contributed by atoms with Crippen LogP contribution < -0.4 is 11.3 Å². The van der Waals surface area contributed by atoms with Crippen LogP contribution in [0, 0.1) is 11.8 Å². The number of hydrazine groups is 1. The molecule has 0 rings (SSSR count). The molecule has 0 aliphatic rings. The molecular weight excluding hydrogens is 176 g/mol. The van der Waals surface area contributed by atoms with Crippen LogP contribution in [0.4, 0.5) is 0 Å². The van der Waals surface area contributed by atoms with Crippen LogP contribution in [0.2, 0.25) is 0 Å². The lowest BCUT2D eigenvalue weighted by atomic mass is 10.1. The Labute approximate surface area is 87.4 Å². The van der Waals surface area contributed by atoms with Crippen LogP contribution >= 0.6 is 0 Å². The van der Waals surface area contributed by atoms with Gasteiger partial charge in [0.05, 0.1) is 0 Å². The molecule has 0 aliphatic carbocycles. The molecule has 1 unspecified atom stereocenters. The minimum atomic E-state index is 0.372. The molecule has 0 saturated carbocycles. The lowest BCUT2D eigenvalue weighted by molar-refractivity contribution is 0.140. The molecule has 3 N–H and O–H groups in total. The fraction of sp³-hybridized carbons (Fsp3) is 0.818. The van der Waals surface area contributed by atoms with Crippen LogP contribution in [-0.4, -0.2) is 19.3 Å². The quantitative estimate of drug-likeness (QED) is 0.268. The maximum absolute atomic E-state index is 5.43. The highest BCUT2D eigenvalue weighted by atomic mass is 16.5. The fourth-order valence-electron chi connectivity index (χ4n) is 1.26. The molecule has 0 aromatic carbocycles. The minimum absolute atomic E-state index is 0.372. The van der Waals surface area contributed by atoms with Gasteiger partial charge >= 0.3 is 0 Å². The lowest BCUT2D eigenvalue weighted by Crippen LogP contribution is -2.35. The van der Waals surface area contributed by atoms with Crippen LogP contribution in [0.1, 0.15) is 39.5 Å². The van der Waals surface area contributed by atoms with Crippen LogP contribution in [0.25, 0.3) is 0 Å². The molecule has 0 bridgehead atoms. The summed E-state index contributed by atoms with van der Waals surface area (Å²) in [5.41, 5.74) is 2.81. The average Bonchev–Trinajstić information content (AvgIpc) is 2.22. The molecule has 0 fully saturated rings. The molecule has 14 heavy (non-hydrogen) atoms. The lowest BCUT2D eigenvalue weighted by Gasteiger charge is -2.13. The third-order valence-corrected chi connectivity index (χ3v) is 2.08. The first-order chi connectivity index (χ1) is 6.85. The molecule has 3 heteroatoms. The van der Waals surface area contributed by atoms with E-state index in [0.29, 0.717) is 6.04 Å². The predicted molar refractivity (Wildman–Crippen MR) is 59.5 cm³/mol. The van der Waals surface area contributed by atoms with Gasteiger partial charge in [0, 0.05) is 25.7 Å². The molecular formula is C11H22N2O. The molecule has 1 atom stereocenters. The topological polar surface area (TPSA) is 47.3 Å². The molecule has 0 heterocycles. The first kappa shape index (κ1) is 13.4. The van der Waals surface area contributed by atoms with E-state index in [2.05, 4.69) is 17.3 Å². The highest BCUT2D eigenvalue weighted by Gasteiger charge is 2.04. The van der Waals surface area contributed by atoms with Gasteiger partial charge in [0.2, 0.25) is 0 Å². The maximum atomic E-state index is 5.43. The zero-order valence-corrected chi connectivity index (χ0v) is 9.31. The second-order valence-corrected chi connectivity index (χ2v) is 3.17. The summed E-state index contributed by atoms with van der Waals surface area (Å²) in [5.74, 6) is 11.3. The van der Waals surface area contributed by atoms with Gasteiger partial charge < -0.3 is 4.74 Å². The minimum Gasteiger partial charge on any atom is -0.382 e. The largest absolute Gasteiger partial charge is 0.382 e. The van der Waals surface area contributed by atoms with Crippen molar-refractivity contribution in [2.45, 2.75) is 45.6 Å². The second-order valence-electron chi connectivity index (χ2n) is 3.17. The smallest absolute Gasteiger partial charge is 0.0466 e. The Kier molecular flexibility index (Phi) is 10.1. The van der Waals surface area contributed by atoms with Crippen molar-refractivity contribution in [3.63, 3.8) is 0 Å².